The molecule has 0 saturated heterocycles. The van der Waals surface area contributed by atoms with Crippen molar-refractivity contribution < 1.29 is 27.5 Å². The second-order valence-corrected chi connectivity index (χ2v) is 10.3. The lowest BCUT2D eigenvalue weighted by atomic mass is 10.1. The van der Waals surface area contributed by atoms with Gasteiger partial charge >= 0.3 is 5.97 Å². The van der Waals surface area contributed by atoms with Crippen LogP contribution < -0.4 is 4.80 Å². The summed E-state index contributed by atoms with van der Waals surface area (Å²) in [5.41, 5.74) is 1.95. The standard InChI is InChI=1S/C23H26N2O6S2/c1-4-30-13-12-25-19-11-8-17(22(27)31-5-2)15-20(19)32-23(25)24-21(26)14-16-6-9-18(10-7-16)33(3,28)29/h6-11,15H,4-5,12-14H2,1-3H3. The van der Waals surface area contributed by atoms with Crippen LogP contribution in [0.25, 0.3) is 10.2 Å². The first-order valence-electron chi connectivity index (χ1n) is 10.5. The molecule has 8 nitrogen and oxygen atoms in total. The van der Waals surface area contributed by atoms with Crippen molar-refractivity contribution in [1.82, 2.24) is 4.57 Å². The molecule has 0 aliphatic rings. The Hall–Kier alpha value is -2.82. The summed E-state index contributed by atoms with van der Waals surface area (Å²) in [5.74, 6) is -0.759. The summed E-state index contributed by atoms with van der Waals surface area (Å²) in [7, 11) is -3.30. The molecule has 176 valence electrons. The van der Waals surface area contributed by atoms with Crippen LogP contribution in [-0.4, -0.2) is 50.9 Å². The van der Waals surface area contributed by atoms with Crippen molar-refractivity contribution in [1.29, 1.82) is 0 Å². The molecule has 1 amide bonds. The number of thiazole rings is 1. The zero-order chi connectivity index (χ0) is 24.0. The second-order valence-electron chi connectivity index (χ2n) is 7.23. The van der Waals surface area contributed by atoms with E-state index in [4.69, 9.17) is 9.47 Å². The highest BCUT2D eigenvalue weighted by Gasteiger charge is 2.13. The Kier molecular flexibility index (Phi) is 8.17. The van der Waals surface area contributed by atoms with Crippen LogP contribution in [0.4, 0.5) is 0 Å². The molecule has 0 atom stereocenters. The van der Waals surface area contributed by atoms with Crippen molar-refractivity contribution in [3.8, 4) is 0 Å². The van der Waals surface area contributed by atoms with Crippen molar-refractivity contribution in [3.05, 3.63) is 58.4 Å². The molecule has 10 heteroatoms. The van der Waals surface area contributed by atoms with Crippen LogP contribution in [0.3, 0.4) is 0 Å². The Morgan fingerprint density at radius 2 is 1.79 bits per heavy atom. The molecular formula is C23H26N2O6S2. The number of hydrogen-bond acceptors (Lipinski definition) is 7. The fraction of sp³-hybridized carbons (Fsp3) is 0.348. The van der Waals surface area contributed by atoms with Crippen molar-refractivity contribution >= 4 is 43.3 Å². The van der Waals surface area contributed by atoms with Gasteiger partial charge in [0.2, 0.25) is 0 Å². The van der Waals surface area contributed by atoms with Gasteiger partial charge in [0, 0.05) is 19.4 Å². The summed E-state index contributed by atoms with van der Waals surface area (Å²) < 4.78 is 36.5. The van der Waals surface area contributed by atoms with Crippen molar-refractivity contribution in [2.24, 2.45) is 4.99 Å². The summed E-state index contributed by atoms with van der Waals surface area (Å²) in [5, 5.41) is 0. The van der Waals surface area contributed by atoms with E-state index in [0.29, 0.717) is 35.7 Å². The van der Waals surface area contributed by atoms with E-state index in [1.165, 1.54) is 23.5 Å². The lowest BCUT2D eigenvalue weighted by Gasteiger charge is -2.06. The average molecular weight is 491 g/mol. The fourth-order valence-corrected chi connectivity index (χ4v) is 4.93. The number of ether oxygens (including phenoxy) is 2. The lowest BCUT2D eigenvalue weighted by Crippen LogP contribution is -2.20. The van der Waals surface area contributed by atoms with Gasteiger partial charge in [-0.15, -0.1) is 0 Å². The Balaban J connectivity index is 1.93. The number of carbonyl (C=O) groups excluding carboxylic acids is 2. The van der Waals surface area contributed by atoms with Gasteiger partial charge < -0.3 is 14.0 Å². The van der Waals surface area contributed by atoms with Gasteiger partial charge in [-0.05, 0) is 49.7 Å². The highest BCUT2D eigenvalue weighted by molar-refractivity contribution is 7.90. The molecule has 2 aromatic carbocycles. The van der Waals surface area contributed by atoms with E-state index >= 15 is 0 Å². The molecule has 1 heterocycles. The topological polar surface area (TPSA) is 104 Å². The third-order valence-electron chi connectivity index (χ3n) is 4.78. The quantitative estimate of drug-likeness (QED) is 0.337. The van der Waals surface area contributed by atoms with Crippen LogP contribution in [0, 0.1) is 0 Å². The van der Waals surface area contributed by atoms with Crippen LogP contribution in [0.5, 0.6) is 0 Å². The SMILES string of the molecule is CCOCCn1c(=NC(=O)Cc2ccc(S(C)(=O)=O)cc2)sc2cc(C(=O)OCC)ccc21. The lowest BCUT2D eigenvalue weighted by molar-refractivity contribution is -0.117. The van der Waals surface area contributed by atoms with E-state index in [1.54, 1.807) is 31.2 Å². The van der Waals surface area contributed by atoms with Gasteiger partial charge in [0.15, 0.2) is 14.6 Å². The Labute approximate surface area is 196 Å². The Bertz CT molecular complexity index is 1320. The maximum atomic E-state index is 12.7. The van der Waals surface area contributed by atoms with E-state index < -0.39 is 15.8 Å². The number of amides is 1. The van der Waals surface area contributed by atoms with Gasteiger partial charge in [-0.25, -0.2) is 13.2 Å². The first kappa shape index (κ1) is 24.8. The predicted molar refractivity (Wildman–Crippen MR) is 126 cm³/mol. The number of aromatic nitrogens is 1. The van der Waals surface area contributed by atoms with E-state index in [0.717, 1.165) is 16.5 Å². The van der Waals surface area contributed by atoms with Crippen LogP contribution >= 0.6 is 11.3 Å². The molecule has 0 fully saturated rings. The molecule has 0 spiro atoms. The van der Waals surface area contributed by atoms with Crippen LogP contribution in [-0.2, 0) is 37.1 Å². The molecule has 1 aromatic heterocycles. The monoisotopic (exact) mass is 490 g/mol. The molecule has 0 aliphatic carbocycles. The third-order valence-corrected chi connectivity index (χ3v) is 6.95. The average Bonchev–Trinajstić information content (AvgIpc) is 3.10. The number of fused-ring (bicyclic) bond motifs is 1. The van der Waals surface area contributed by atoms with Crippen LogP contribution in [0.1, 0.15) is 29.8 Å². The molecule has 0 bridgehead atoms. The number of benzene rings is 2. The third kappa shape index (κ3) is 6.37. The van der Waals surface area contributed by atoms with Crippen LogP contribution in [0.2, 0.25) is 0 Å². The smallest absolute Gasteiger partial charge is 0.338 e. The van der Waals surface area contributed by atoms with E-state index in [1.807, 2.05) is 17.6 Å². The minimum atomic E-state index is -3.30. The minimum absolute atomic E-state index is 0.0395. The molecule has 0 N–H and O–H groups in total. The Morgan fingerprint density at radius 3 is 2.42 bits per heavy atom. The zero-order valence-electron chi connectivity index (χ0n) is 18.7. The highest BCUT2D eigenvalue weighted by atomic mass is 32.2. The molecule has 0 unspecified atom stereocenters. The number of carbonyl (C=O) groups is 2. The molecule has 3 rings (SSSR count). The van der Waals surface area contributed by atoms with Crippen LogP contribution in [0.15, 0.2) is 52.4 Å². The highest BCUT2D eigenvalue weighted by Crippen LogP contribution is 2.20. The molecule has 3 aromatic rings. The van der Waals surface area contributed by atoms with Gasteiger partial charge in [-0.1, -0.05) is 23.5 Å². The fourth-order valence-electron chi connectivity index (χ4n) is 3.19. The van der Waals surface area contributed by atoms with Crippen molar-refractivity contribution in [3.63, 3.8) is 0 Å². The summed E-state index contributed by atoms with van der Waals surface area (Å²) >= 11 is 1.31. The van der Waals surface area contributed by atoms with E-state index in [2.05, 4.69) is 4.99 Å². The molecule has 33 heavy (non-hydrogen) atoms. The molecular weight excluding hydrogens is 464 g/mol. The van der Waals surface area contributed by atoms with Crippen molar-refractivity contribution in [2.75, 3.05) is 26.1 Å². The van der Waals surface area contributed by atoms with E-state index in [-0.39, 0.29) is 23.8 Å². The minimum Gasteiger partial charge on any atom is -0.462 e. The second kappa shape index (κ2) is 10.9. The first-order valence-corrected chi connectivity index (χ1v) is 13.2. The summed E-state index contributed by atoms with van der Waals surface area (Å²) in [4.78, 5) is 29.8. The van der Waals surface area contributed by atoms with Gasteiger partial charge in [0.05, 0.1) is 40.3 Å². The number of rotatable bonds is 9. The summed E-state index contributed by atoms with van der Waals surface area (Å²) in [6, 6.07) is 11.4. The number of esters is 1. The first-order chi connectivity index (χ1) is 15.7. The van der Waals surface area contributed by atoms with Crippen molar-refractivity contribution in [2.45, 2.75) is 31.7 Å². The predicted octanol–water partition coefficient (Wildman–Crippen LogP) is 2.99. The van der Waals surface area contributed by atoms with Gasteiger partial charge in [0.25, 0.3) is 5.91 Å². The van der Waals surface area contributed by atoms with Gasteiger partial charge in [0.1, 0.15) is 0 Å². The van der Waals surface area contributed by atoms with E-state index in [9.17, 15) is 18.0 Å². The zero-order valence-corrected chi connectivity index (χ0v) is 20.4. The largest absolute Gasteiger partial charge is 0.462 e. The van der Waals surface area contributed by atoms with Gasteiger partial charge in [-0.3, -0.25) is 4.79 Å². The number of nitrogens with zero attached hydrogens (tertiary/aromatic N) is 2. The normalized spacial score (nSPS) is 12.3. The maximum absolute atomic E-state index is 12.7. The number of sulfone groups is 1. The summed E-state index contributed by atoms with van der Waals surface area (Å²) in [6.07, 6.45) is 1.18. The molecule has 0 radical (unpaired) electrons. The Morgan fingerprint density at radius 1 is 1.06 bits per heavy atom. The molecule has 0 aliphatic heterocycles. The molecule has 0 saturated carbocycles. The number of hydrogen-bond donors (Lipinski definition) is 0. The van der Waals surface area contributed by atoms with Gasteiger partial charge in [-0.2, -0.15) is 4.99 Å². The summed E-state index contributed by atoms with van der Waals surface area (Å²) in [6.45, 7) is 5.48. The maximum Gasteiger partial charge on any atom is 0.338 e.